The van der Waals surface area contributed by atoms with Crippen molar-refractivity contribution in [2.45, 2.75) is 19.7 Å². The topological polar surface area (TPSA) is 86.0 Å². The fraction of sp³-hybridized carbons (Fsp3) is 0.174. The van der Waals surface area contributed by atoms with E-state index < -0.39 is 16.7 Å². The Morgan fingerprint density at radius 1 is 1.12 bits per heavy atom. The molecule has 0 aromatic heterocycles. The van der Waals surface area contributed by atoms with Gasteiger partial charge in [-0.1, -0.05) is 23.7 Å². The van der Waals surface area contributed by atoms with Crippen molar-refractivity contribution in [1.82, 2.24) is 0 Å². The molecule has 0 spiro atoms. The molecule has 3 aromatic rings. The van der Waals surface area contributed by atoms with Crippen LogP contribution < -0.4 is 14.9 Å². The summed E-state index contributed by atoms with van der Waals surface area (Å²) in [5.41, 5.74) is 3.35. The van der Waals surface area contributed by atoms with Crippen LogP contribution in [0.3, 0.4) is 0 Å². The van der Waals surface area contributed by atoms with Crippen LogP contribution in [0.1, 0.15) is 23.6 Å². The molecular weight excluding hydrogens is 475 g/mol. The number of benzene rings is 3. The van der Waals surface area contributed by atoms with Gasteiger partial charge in [0.1, 0.15) is 6.61 Å². The number of nitro benzene ring substituents is 1. The van der Waals surface area contributed by atoms with Crippen LogP contribution in [0.5, 0.6) is 11.5 Å². The maximum atomic E-state index is 12.7. The number of alkyl halides is 3. The molecule has 0 amide bonds. The molecule has 3 aromatic carbocycles. The Balaban J connectivity index is 1.72. The molecule has 0 atom stereocenters. The van der Waals surface area contributed by atoms with Crippen molar-refractivity contribution in [3.8, 4) is 11.5 Å². The zero-order valence-corrected chi connectivity index (χ0v) is 18.6. The molecule has 0 heterocycles. The fourth-order valence-electron chi connectivity index (χ4n) is 2.90. The summed E-state index contributed by atoms with van der Waals surface area (Å²) in [6, 6.07) is 13.7. The Kier molecular flexibility index (Phi) is 7.95. The summed E-state index contributed by atoms with van der Waals surface area (Å²) in [7, 11) is 0. The molecule has 0 saturated heterocycles. The van der Waals surface area contributed by atoms with Gasteiger partial charge in [-0.15, -0.1) is 0 Å². The smallest absolute Gasteiger partial charge is 0.416 e. The van der Waals surface area contributed by atoms with Crippen molar-refractivity contribution < 1.29 is 27.6 Å². The molecule has 1 N–H and O–H groups in total. The summed E-state index contributed by atoms with van der Waals surface area (Å²) < 4.78 is 49.3. The summed E-state index contributed by atoms with van der Waals surface area (Å²) >= 11 is 6.37. The first-order valence-corrected chi connectivity index (χ1v) is 10.3. The fourth-order valence-corrected chi connectivity index (χ4v) is 3.17. The molecule has 11 heteroatoms. The molecule has 0 unspecified atom stereocenters. The van der Waals surface area contributed by atoms with Crippen LogP contribution >= 0.6 is 11.6 Å². The lowest BCUT2D eigenvalue weighted by molar-refractivity contribution is -0.384. The zero-order chi connectivity index (χ0) is 24.7. The average molecular weight is 494 g/mol. The standard InChI is InChI=1S/C23H19ClF3N3O4/c1-2-33-21-12-16(13-28-29-18-8-6-17(7-9-18)23(25,26)27)11-20(24)22(21)34-14-15-4-3-5-19(10-15)30(31)32/h3-13,29H,2,14H2,1H3/b28-13+. The van der Waals surface area contributed by atoms with E-state index in [-0.39, 0.29) is 23.1 Å². The van der Waals surface area contributed by atoms with Crippen LogP contribution in [0.15, 0.2) is 65.8 Å². The van der Waals surface area contributed by atoms with Gasteiger partial charge in [0.15, 0.2) is 11.5 Å². The number of rotatable bonds is 9. The minimum Gasteiger partial charge on any atom is -0.490 e. The number of hydrogen-bond donors (Lipinski definition) is 1. The van der Waals surface area contributed by atoms with Gasteiger partial charge in [-0.25, -0.2) is 0 Å². The Morgan fingerprint density at radius 3 is 2.50 bits per heavy atom. The number of non-ortho nitro benzene ring substituents is 1. The summed E-state index contributed by atoms with van der Waals surface area (Å²) in [5.74, 6) is 0.610. The number of nitrogens with zero attached hydrogens (tertiary/aromatic N) is 2. The summed E-state index contributed by atoms with van der Waals surface area (Å²) in [4.78, 5) is 10.5. The van der Waals surface area contributed by atoms with Gasteiger partial charge >= 0.3 is 6.18 Å². The molecule has 0 saturated carbocycles. The highest BCUT2D eigenvalue weighted by molar-refractivity contribution is 6.32. The molecule has 7 nitrogen and oxygen atoms in total. The van der Waals surface area contributed by atoms with Crippen LogP contribution in [0.2, 0.25) is 5.02 Å². The average Bonchev–Trinajstić information content (AvgIpc) is 2.79. The van der Waals surface area contributed by atoms with E-state index in [4.69, 9.17) is 21.1 Å². The molecule has 0 aliphatic carbocycles. The van der Waals surface area contributed by atoms with Crippen LogP contribution in [-0.2, 0) is 12.8 Å². The Hall–Kier alpha value is -3.79. The van der Waals surface area contributed by atoms with Gasteiger partial charge in [-0.05, 0) is 54.4 Å². The lowest BCUT2D eigenvalue weighted by Gasteiger charge is -2.14. The van der Waals surface area contributed by atoms with E-state index in [0.717, 1.165) is 12.1 Å². The quantitative estimate of drug-likeness (QED) is 0.204. The van der Waals surface area contributed by atoms with Crippen molar-refractivity contribution in [3.63, 3.8) is 0 Å². The monoisotopic (exact) mass is 493 g/mol. The molecule has 34 heavy (non-hydrogen) atoms. The van der Waals surface area contributed by atoms with E-state index in [0.29, 0.717) is 29.2 Å². The maximum absolute atomic E-state index is 12.7. The highest BCUT2D eigenvalue weighted by Crippen LogP contribution is 2.37. The van der Waals surface area contributed by atoms with Crippen molar-refractivity contribution in [3.05, 3.63) is 92.5 Å². The summed E-state index contributed by atoms with van der Waals surface area (Å²) in [5, 5.41) is 15.2. The Bertz CT molecular complexity index is 1190. The van der Waals surface area contributed by atoms with Gasteiger partial charge in [-0.3, -0.25) is 15.5 Å². The highest BCUT2D eigenvalue weighted by atomic mass is 35.5. The molecule has 0 aliphatic rings. The largest absolute Gasteiger partial charge is 0.490 e. The van der Waals surface area contributed by atoms with Crippen molar-refractivity contribution >= 4 is 29.2 Å². The molecule has 178 valence electrons. The molecule has 3 rings (SSSR count). The van der Waals surface area contributed by atoms with E-state index in [1.807, 2.05) is 0 Å². The number of halogens is 4. The van der Waals surface area contributed by atoms with Gasteiger partial charge < -0.3 is 9.47 Å². The first-order valence-electron chi connectivity index (χ1n) is 9.96. The molecule has 0 aliphatic heterocycles. The van der Waals surface area contributed by atoms with Crippen LogP contribution in [0.25, 0.3) is 0 Å². The van der Waals surface area contributed by atoms with E-state index in [1.165, 1.54) is 30.5 Å². The molecule has 0 bridgehead atoms. The van der Waals surface area contributed by atoms with Gasteiger partial charge in [0.25, 0.3) is 5.69 Å². The molecule has 0 radical (unpaired) electrons. The van der Waals surface area contributed by atoms with Crippen molar-refractivity contribution in [2.24, 2.45) is 5.10 Å². The van der Waals surface area contributed by atoms with Crippen LogP contribution in [-0.4, -0.2) is 17.7 Å². The lowest BCUT2D eigenvalue weighted by atomic mass is 10.2. The number of anilines is 1. The predicted molar refractivity (Wildman–Crippen MR) is 123 cm³/mol. The minimum absolute atomic E-state index is 0.0321. The zero-order valence-electron chi connectivity index (χ0n) is 17.8. The lowest BCUT2D eigenvalue weighted by Crippen LogP contribution is -2.04. The maximum Gasteiger partial charge on any atom is 0.416 e. The van der Waals surface area contributed by atoms with Crippen LogP contribution in [0.4, 0.5) is 24.5 Å². The highest BCUT2D eigenvalue weighted by Gasteiger charge is 2.29. The van der Waals surface area contributed by atoms with E-state index >= 15 is 0 Å². The third kappa shape index (κ3) is 6.61. The Morgan fingerprint density at radius 2 is 1.85 bits per heavy atom. The molecular formula is C23H19ClF3N3O4. The van der Waals surface area contributed by atoms with Crippen molar-refractivity contribution in [2.75, 3.05) is 12.0 Å². The number of nitrogens with one attached hydrogen (secondary N) is 1. The third-order valence-corrected chi connectivity index (χ3v) is 4.74. The SMILES string of the molecule is CCOc1cc(/C=N/Nc2ccc(C(F)(F)F)cc2)cc(Cl)c1OCc1cccc([N+](=O)[O-])c1. The third-order valence-electron chi connectivity index (χ3n) is 4.46. The first kappa shape index (κ1) is 24.8. The van der Waals surface area contributed by atoms with Gasteiger partial charge in [-0.2, -0.15) is 18.3 Å². The van der Waals surface area contributed by atoms with Gasteiger partial charge in [0, 0.05) is 12.1 Å². The van der Waals surface area contributed by atoms with Crippen molar-refractivity contribution in [1.29, 1.82) is 0 Å². The second-order valence-corrected chi connectivity index (χ2v) is 7.33. The molecule has 0 fully saturated rings. The number of ether oxygens (including phenoxy) is 2. The minimum atomic E-state index is -4.41. The predicted octanol–water partition coefficient (Wildman–Crippen LogP) is 6.69. The van der Waals surface area contributed by atoms with Gasteiger partial charge in [0.2, 0.25) is 0 Å². The number of hydrogen-bond acceptors (Lipinski definition) is 6. The Labute approximate surface area is 197 Å². The van der Waals surface area contributed by atoms with Crippen LogP contribution in [0, 0.1) is 10.1 Å². The normalized spacial score (nSPS) is 11.4. The van der Waals surface area contributed by atoms with Gasteiger partial charge in [0.05, 0.1) is 34.0 Å². The summed E-state index contributed by atoms with van der Waals surface area (Å²) in [6.07, 6.45) is -2.98. The van der Waals surface area contributed by atoms with E-state index in [9.17, 15) is 23.3 Å². The summed E-state index contributed by atoms with van der Waals surface area (Å²) in [6.45, 7) is 2.14. The van der Waals surface area contributed by atoms with E-state index in [2.05, 4.69) is 10.5 Å². The van der Waals surface area contributed by atoms with E-state index in [1.54, 1.807) is 31.2 Å². The second kappa shape index (κ2) is 10.9. The number of nitro groups is 1. The number of hydrazone groups is 1. The second-order valence-electron chi connectivity index (χ2n) is 6.92. The first-order chi connectivity index (χ1) is 16.2.